The molecular weight excluding hydrogens is 378 g/mol. The molecule has 3 heterocycles. The molecule has 1 amide bonds. The van der Waals surface area contributed by atoms with E-state index in [-0.39, 0.29) is 11.6 Å². The van der Waals surface area contributed by atoms with Crippen LogP contribution in [-0.4, -0.2) is 31.8 Å². The topological polar surface area (TPSA) is 72.5 Å². The summed E-state index contributed by atoms with van der Waals surface area (Å²) in [6, 6.07) is 19.4. The van der Waals surface area contributed by atoms with Gasteiger partial charge in [-0.25, -0.2) is 9.48 Å². The number of amides is 1. The lowest BCUT2D eigenvalue weighted by molar-refractivity contribution is -0.117. The molecule has 5 rings (SSSR count). The van der Waals surface area contributed by atoms with Crippen LogP contribution in [0.5, 0.6) is 0 Å². The molecule has 0 bridgehead atoms. The van der Waals surface area contributed by atoms with E-state index in [1.54, 1.807) is 4.90 Å². The maximum Gasteiger partial charge on any atom is 0.367 e. The molecule has 7 nitrogen and oxygen atoms in total. The Bertz CT molecular complexity index is 1290. The van der Waals surface area contributed by atoms with E-state index >= 15 is 0 Å². The number of hydrogen-bond donors (Lipinski definition) is 0. The highest BCUT2D eigenvalue weighted by Crippen LogP contribution is 2.22. The zero-order chi connectivity index (χ0) is 20.7. The first-order valence-corrected chi connectivity index (χ1v) is 10.0. The molecule has 2 aromatic heterocycles. The standard InChI is InChI=1S/C23H21N5O2/c1-16-4-8-18(9-5-16)20-12-13-21-25-27(23(30)28(21)24-20)15-17-6-10-19(11-7-17)26-14-2-3-22(26)29/h4-13H,2-3,14-15H2,1H3. The van der Waals surface area contributed by atoms with Gasteiger partial charge in [-0.15, -0.1) is 5.10 Å². The van der Waals surface area contributed by atoms with Crippen molar-refractivity contribution in [3.8, 4) is 11.3 Å². The molecule has 0 unspecified atom stereocenters. The smallest absolute Gasteiger partial charge is 0.312 e. The molecule has 150 valence electrons. The average Bonchev–Trinajstić information content (AvgIpc) is 3.32. The van der Waals surface area contributed by atoms with Crippen molar-refractivity contribution in [2.24, 2.45) is 0 Å². The van der Waals surface area contributed by atoms with Gasteiger partial charge in [-0.05, 0) is 43.2 Å². The summed E-state index contributed by atoms with van der Waals surface area (Å²) >= 11 is 0. The van der Waals surface area contributed by atoms with Gasteiger partial charge in [0.1, 0.15) is 0 Å². The largest absolute Gasteiger partial charge is 0.367 e. The number of benzene rings is 2. The second-order valence-corrected chi connectivity index (χ2v) is 7.61. The van der Waals surface area contributed by atoms with Crippen LogP contribution in [-0.2, 0) is 11.3 Å². The number of hydrogen-bond acceptors (Lipinski definition) is 4. The molecule has 0 N–H and O–H groups in total. The van der Waals surface area contributed by atoms with Gasteiger partial charge in [0.05, 0.1) is 12.2 Å². The molecule has 1 aliphatic rings. The van der Waals surface area contributed by atoms with E-state index in [0.29, 0.717) is 18.6 Å². The van der Waals surface area contributed by atoms with Gasteiger partial charge in [-0.1, -0.05) is 42.0 Å². The van der Waals surface area contributed by atoms with Crippen molar-refractivity contribution < 1.29 is 4.79 Å². The van der Waals surface area contributed by atoms with Gasteiger partial charge in [0, 0.05) is 24.2 Å². The molecule has 1 fully saturated rings. The Morgan fingerprint density at radius 2 is 1.67 bits per heavy atom. The minimum absolute atomic E-state index is 0.162. The van der Waals surface area contributed by atoms with Crippen LogP contribution in [0.1, 0.15) is 24.0 Å². The Hall–Kier alpha value is -3.74. The zero-order valence-corrected chi connectivity index (χ0v) is 16.7. The number of rotatable bonds is 4. The van der Waals surface area contributed by atoms with E-state index < -0.39 is 0 Å². The van der Waals surface area contributed by atoms with Crippen LogP contribution in [0.2, 0.25) is 0 Å². The summed E-state index contributed by atoms with van der Waals surface area (Å²) in [6.45, 7) is 3.14. The predicted molar refractivity (Wildman–Crippen MR) is 115 cm³/mol. The maximum absolute atomic E-state index is 12.8. The lowest BCUT2D eigenvalue weighted by Crippen LogP contribution is -2.24. The Kier molecular flexibility index (Phi) is 4.43. The summed E-state index contributed by atoms with van der Waals surface area (Å²) in [7, 11) is 0. The lowest BCUT2D eigenvalue weighted by atomic mass is 10.1. The van der Waals surface area contributed by atoms with E-state index in [1.807, 2.05) is 67.6 Å². The number of carbonyl (C=O) groups is 1. The van der Waals surface area contributed by atoms with Crippen molar-refractivity contribution in [1.29, 1.82) is 0 Å². The highest BCUT2D eigenvalue weighted by Gasteiger charge is 2.21. The van der Waals surface area contributed by atoms with Crippen LogP contribution in [0.15, 0.2) is 65.5 Å². The van der Waals surface area contributed by atoms with E-state index in [9.17, 15) is 9.59 Å². The third-order valence-electron chi connectivity index (χ3n) is 5.44. The van der Waals surface area contributed by atoms with Crippen LogP contribution in [0.3, 0.4) is 0 Å². The van der Waals surface area contributed by atoms with Gasteiger partial charge < -0.3 is 4.90 Å². The van der Waals surface area contributed by atoms with Crippen LogP contribution < -0.4 is 10.6 Å². The van der Waals surface area contributed by atoms with Crippen molar-refractivity contribution in [3.05, 3.63) is 82.3 Å². The maximum atomic E-state index is 12.8. The first kappa shape index (κ1) is 18.3. The number of carbonyl (C=O) groups excluding carboxylic acids is 1. The Labute approximate surface area is 173 Å². The summed E-state index contributed by atoms with van der Waals surface area (Å²) in [6.07, 6.45) is 1.50. The van der Waals surface area contributed by atoms with E-state index in [4.69, 9.17) is 0 Å². The zero-order valence-electron chi connectivity index (χ0n) is 16.7. The minimum Gasteiger partial charge on any atom is -0.312 e. The molecule has 2 aromatic carbocycles. The summed E-state index contributed by atoms with van der Waals surface area (Å²) in [5.74, 6) is 0.162. The molecular formula is C23H21N5O2. The molecule has 7 heteroatoms. The normalized spacial score (nSPS) is 14.0. The van der Waals surface area contributed by atoms with Crippen molar-refractivity contribution >= 4 is 17.2 Å². The van der Waals surface area contributed by atoms with Crippen molar-refractivity contribution in [2.75, 3.05) is 11.4 Å². The fourth-order valence-corrected chi connectivity index (χ4v) is 3.77. The van der Waals surface area contributed by atoms with Crippen molar-refractivity contribution in [2.45, 2.75) is 26.3 Å². The average molecular weight is 399 g/mol. The monoisotopic (exact) mass is 399 g/mol. The molecule has 0 radical (unpaired) electrons. The van der Waals surface area contributed by atoms with Gasteiger partial charge in [0.15, 0.2) is 5.65 Å². The summed E-state index contributed by atoms with van der Waals surface area (Å²) in [5.41, 5.74) is 4.92. The molecule has 1 aliphatic heterocycles. The third kappa shape index (κ3) is 3.28. The summed E-state index contributed by atoms with van der Waals surface area (Å²) < 4.78 is 2.75. The van der Waals surface area contributed by atoms with Gasteiger partial charge >= 0.3 is 5.69 Å². The van der Waals surface area contributed by atoms with Gasteiger partial charge in [0.25, 0.3) is 0 Å². The number of aromatic nitrogens is 4. The van der Waals surface area contributed by atoms with Crippen LogP contribution >= 0.6 is 0 Å². The molecule has 0 atom stereocenters. The molecule has 0 spiro atoms. The second kappa shape index (κ2) is 7.26. The van der Waals surface area contributed by atoms with Crippen LogP contribution in [0.4, 0.5) is 5.69 Å². The first-order chi connectivity index (χ1) is 14.6. The second-order valence-electron chi connectivity index (χ2n) is 7.61. The fraction of sp³-hybridized carbons (Fsp3) is 0.217. The Morgan fingerprint density at radius 1 is 0.900 bits per heavy atom. The minimum atomic E-state index is -0.280. The van der Waals surface area contributed by atoms with Gasteiger partial charge in [0.2, 0.25) is 5.91 Å². The van der Waals surface area contributed by atoms with Crippen molar-refractivity contribution in [3.63, 3.8) is 0 Å². The quantitative estimate of drug-likeness (QED) is 0.529. The highest BCUT2D eigenvalue weighted by atomic mass is 16.2. The molecule has 30 heavy (non-hydrogen) atoms. The number of nitrogens with zero attached hydrogens (tertiary/aromatic N) is 5. The van der Waals surface area contributed by atoms with E-state index in [1.165, 1.54) is 14.8 Å². The molecule has 4 aromatic rings. The fourth-order valence-electron chi connectivity index (χ4n) is 3.77. The molecule has 0 saturated carbocycles. The van der Waals surface area contributed by atoms with E-state index in [2.05, 4.69) is 10.2 Å². The SMILES string of the molecule is Cc1ccc(-c2ccc3nn(Cc4ccc(N5CCCC5=O)cc4)c(=O)n3n2)cc1. The first-order valence-electron chi connectivity index (χ1n) is 10.0. The summed E-state index contributed by atoms with van der Waals surface area (Å²) in [5, 5.41) is 8.90. The summed E-state index contributed by atoms with van der Waals surface area (Å²) in [4.78, 5) is 26.5. The molecule has 0 aliphatic carbocycles. The third-order valence-corrected chi connectivity index (χ3v) is 5.44. The van der Waals surface area contributed by atoms with Crippen LogP contribution in [0, 0.1) is 6.92 Å². The predicted octanol–water partition coefficient (Wildman–Crippen LogP) is 3.04. The van der Waals surface area contributed by atoms with Crippen molar-refractivity contribution in [1.82, 2.24) is 19.4 Å². The van der Waals surface area contributed by atoms with Gasteiger partial charge in [-0.2, -0.15) is 9.61 Å². The van der Waals surface area contributed by atoms with Crippen LogP contribution in [0.25, 0.3) is 16.9 Å². The number of fused-ring (bicyclic) bond motifs is 1. The molecule has 1 saturated heterocycles. The lowest BCUT2D eigenvalue weighted by Gasteiger charge is -2.15. The van der Waals surface area contributed by atoms with E-state index in [0.717, 1.165) is 35.5 Å². The number of anilines is 1. The Morgan fingerprint density at radius 3 is 2.37 bits per heavy atom. The van der Waals surface area contributed by atoms with Gasteiger partial charge in [-0.3, -0.25) is 4.79 Å². The Balaban J connectivity index is 1.42. The highest BCUT2D eigenvalue weighted by molar-refractivity contribution is 5.95. The number of aryl methyl sites for hydroxylation is 1.